The fourth-order valence-electron chi connectivity index (χ4n) is 2.62. The molecule has 3 unspecified atom stereocenters. The van der Waals surface area contributed by atoms with E-state index < -0.39 is 39.9 Å². The number of nitrogens with zero attached hydrogens (tertiary/aromatic N) is 2. The van der Waals surface area contributed by atoms with Gasteiger partial charge in [-0.05, 0) is 45.0 Å². The number of ether oxygens (including phenoxy) is 2. The van der Waals surface area contributed by atoms with E-state index in [1.54, 1.807) is 6.92 Å². The summed E-state index contributed by atoms with van der Waals surface area (Å²) in [6, 6.07) is 10.3. The van der Waals surface area contributed by atoms with Crippen molar-refractivity contribution >= 4 is 23.2 Å². The summed E-state index contributed by atoms with van der Waals surface area (Å²) in [6.45, 7) is 4.88. The first kappa shape index (κ1) is 25.0. The second kappa shape index (κ2) is 11.4. The number of carbonyl (C=O) groups excluding carboxylic acids is 2. The Hall–Kier alpha value is -4.22. The maximum absolute atomic E-state index is 12.3. The lowest BCUT2D eigenvalue weighted by Gasteiger charge is -2.20. The van der Waals surface area contributed by atoms with Gasteiger partial charge in [0.15, 0.2) is 12.2 Å². The van der Waals surface area contributed by atoms with Crippen molar-refractivity contribution in [2.75, 3.05) is 6.54 Å². The number of amides is 2. The van der Waals surface area contributed by atoms with Crippen LogP contribution in [0.25, 0.3) is 0 Å². The van der Waals surface area contributed by atoms with E-state index >= 15 is 0 Å². The molecule has 2 N–H and O–H groups in total. The normalized spacial score (nSPS) is 13.2. The molecule has 0 radical (unpaired) electrons. The number of nitro benzene ring substituents is 2. The Bertz CT molecular complexity index is 994. The summed E-state index contributed by atoms with van der Waals surface area (Å²) in [6.07, 6.45) is -1.73. The van der Waals surface area contributed by atoms with Gasteiger partial charge >= 0.3 is 0 Å². The SMILES string of the molecule is CC(CNC(=O)C(C)Oc1ccc([N+](=O)[O-])cc1)NC(=O)C(C)Oc1ccc([N+](=O)[O-])cc1. The first-order valence-corrected chi connectivity index (χ1v) is 9.97. The van der Waals surface area contributed by atoms with Gasteiger partial charge in [-0.3, -0.25) is 29.8 Å². The Morgan fingerprint density at radius 1 is 0.788 bits per heavy atom. The molecule has 12 nitrogen and oxygen atoms in total. The highest BCUT2D eigenvalue weighted by molar-refractivity contribution is 5.82. The Labute approximate surface area is 189 Å². The van der Waals surface area contributed by atoms with Crippen LogP contribution >= 0.6 is 0 Å². The van der Waals surface area contributed by atoms with Crippen LogP contribution in [0.5, 0.6) is 11.5 Å². The lowest BCUT2D eigenvalue weighted by molar-refractivity contribution is -0.385. The molecular formula is C21H24N4O8. The summed E-state index contributed by atoms with van der Waals surface area (Å²) >= 11 is 0. The molecule has 176 valence electrons. The number of hydrogen-bond acceptors (Lipinski definition) is 8. The van der Waals surface area contributed by atoms with Gasteiger partial charge in [0.05, 0.1) is 9.85 Å². The van der Waals surface area contributed by atoms with Crippen LogP contribution in [0.2, 0.25) is 0 Å². The quantitative estimate of drug-likeness (QED) is 0.381. The van der Waals surface area contributed by atoms with E-state index in [4.69, 9.17) is 9.47 Å². The highest BCUT2D eigenvalue weighted by Gasteiger charge is 2.20. The first-order valence-electron chi connectivity index (χ1n) is 9.97. The van der Waals surface area contributed by atoms with Gasteiger partial charge < -0.3 is 20.1 Å². The number of carbonyl (C=O) groups is 2. The van der Waals surface area contributed by atoms with Crippen molar-refractivity contribution in [1.82, 2.24) is 10.6 Å². The van der Waals surface area contributed by atoms with E-state index in [2.05, 4.69) is 10.6 Å². The smallest absolute Gasteiger partial charge is 0.269 e. The lowest BCUT2D eigenvalue weighted by Crippen LogP contribution is -2.48. The second-order valence-corrected chi connectivity index (χ2v) is 7.18. The zero-order chi connectivity index (χ0) is 24.5. The van der Waals surface area contributed by atoms with Gasteiger partial charge in [0.1, 0.15) is 11.5 Å². The molecule has 0 aromatic heterocycles. The van der Waals surface area contributed by atoms with Crippen LogP contribution in [-0.2, 0) is 9.59 Å². The van der Waals surface area contributed by atoms with Crippen LogP contribution < -0.4 is 20.1 Å². The molecule has 33 heavy (non-hydrogen) atoms. The lowest BCUT2D eigenvalue weighted by atomic mass is 10.2. The second-order valence-electron chi connectivity index (χ2n) is 7.18. The molecule has 0 spiro atoms. The van der Waals surface area contributed by atoms with Crippen molar-refractivity contribution in [3.8, 4) is 11.5 Å². The van der Waals surface area contributed by atoms with Crippen molar-refractivity contribution in [2.24, 2.45) is 0 Å². The Balaban J connectivity index is 1.76. The zero-order valence-corrected chi connectivity index (χ0v) is 18.2. The van der Waals surface area contributed by atoms with Gasteiger partial charge in [0.2, 0.25) is 0 Å². The number of non-ortho nitro benzene ring substituents is 2. The molecule has 2 aromatic carbocycles. The predicted molar refractivity (Wildman–Crippen MR) is 117 cm³/mol. The molecular weight excluding hydrogens is 436 g/mol. The van der Waals surface area contributed by atoms with Crippen LogP contribution in [0.4, 0.5) is 11.4 Å². The molecule has 0 fully saturated rings. The minimum absolute atomic E-state index is 0.0872. The number of rotatable bonds is 11. The Kier molecular flexibility index (Phi) is 8.66. The van der Waals surface area contributed by atoms with Crippen LogP contribution in [0.3, 0.4) is 0 Å². The van der Waals surface area contributed by atoms with Crippen molar-refractivity contribution in [3.05, 3.63) is 68.8 Å². The summed E-state index contributed by atoms with van der Waals surface area (Å²) in [5.74, 6) is -0.238. The van der Waals surface area contributed by atoms with Crippen LogP contribution in [0.1, 0.15) is 20.8 Å². The largest absolute Gasteiger partial charge is 0.481 e. The number of benzene rings is 2. The third-order valence-corrected chi connectivity index (χ3v) is 4.43. The molecule has 0 bridgehead atoms. The summed E-state index contributed by atoms with van der Waals surface area (Å²) in [4.78, 5) is 44.8. The Morgan fingerprint density at radius 2 is 1.18 bits per heavy atom. The number of nitro groups is 2. The van der Waals surface area contributed by atoms with E-state index in [0.29, 0.717) is 11.5 Å². The van der Waals surface area contributed by atoms with Gasteiger partial charge in [0.25, 0.3) is 23.2 Å². The third kappa shape index (κ3) is 7.76. The van der Waals surface area contributed by atoms with E-state index in [1.807, 2.05) is 0 Å². The molecule has 0 saturated carbocycles. The van der Waals surface area contributed by atoms with E-state index in [1.165, 1.54) is 62.4 Å². The van der Waals surface area contributed by atoms with Crippen LogP contribution in [-0.4, -0.2) is 46.5 Å². The molecule has 0 heterocycles. The summed E-state index contributed by atoms with van der Waals surface area (Å²) in [5, 5.41) is 26.7. The molecule has 3 atom stereocenters. The van der Waals surface area contributed by atoms with Gasteiger partial charge in [-0.1, -0.05) is 0 Å². The molecule has 0 aliphatic heterocycles. The van der Waals surface area contributed by atoms with Crippen molar-refractivity contribution < 1.29 is 28.9 Å². The minimum atomic E-state index is -0.867. The molecule has 2 rings (SSSR count). The molecule has 2 aromatic rings. The summed E-state index contributed by atoms with van der Waals surface area (Å²) < 4.78 is 10.9. The average molecular weight is 460 g/mol. The van der Waals surface area contributed by atoms with Gasteiger partial charge in [-0.25, -0.2) is 0 Å². The summed E-state index contributed by atoms with van der Waals surface area (Å²) in [7, 11) is 0. The van der Waals surface area contributed by atoms with Crippen molar-refractivity contribution in [3.63, 3.8) is 0 Å². The topological polar surface area (TPSA) is 163 Å². The zero-order valence-electron chi connectivity index (χ0n) is 18.2. The maximum atomic E-state index is 12.3. The highest BCUT2D eigenvalue weighted by atomic mass is 16.6. The average Bonchev–Trinajstić information content (AvgIpc) is 2.78. The third-order valence-electron chi connectivity index (χ3n) is 4.43. The molecule has 12 heteroatoms. The maximum Gasteiger partial charge on any atom is 0.269 e. The number of nitrogens with one attached hydrogen (secondary N) is 2. The molecule has 0 saturated heterocycles. The molecule has 0 aliphatic carbocycles. The van der Waals surface area contributed by atoms with Gasteiger partial charge in [-0.2, -0.15) is 0 Å². The molecule has 0 aliphatic rings. The van der Waals surface area contributed by atoms with Gasteiger partial charge in [0, 0.05) is 36.9 Å². The highest BCUT2D eigenvalue weighted by Crippen LogP contribution is 2.19. The first-order chi connectivity index (χ1) is 15.6. The standard InChI is InChI=1S/C21H24N4O8/c1-13(23-21(27)15(3)33-19-10-6-17(7-11-19)25(30)31)12-22-20(26)14(2)32-18-8-4-16(5-9-18)24(28)29/h4-11,13-15H,12H2,1-3H3,(H,22,26)(H,23,27). The van der Waals surface area contributed by atoms with E-state index in [0.717, 1.165) is 0 Å². The van der Waals surface area contributed by atoms with E-state index in [-0.39, 0.29) is 17.9 Å². The summed E-state index contributed by atoms with van der Waals surface area (Å²) in [5.41, 5.74) is -0.175. The monoisotopic (exact) mass is 460 g/mol. The van der Waals surface area contributed by atoms with Gasteiger partial charge in [-0.15, -0.1) is 0 Å². The van der Waals surface area contributed by atoms with Crippen LogP contribution in [0, 0.1) is 20.2 Å². The van der Waals surface area contributed by atoms with Crippen LogP contribution in [0.15, 0.2) is 48.5 Å². The fourth-order valence-corrected chi connectivity index (χ4v) is 2.62. The minimum Gasteiger partial charge on any atom is -0.481 e. The fraction of sp³-hybridized carbons (Fsp3) is 0.333. The van der Waals surface area contributed by atoms with Crippen molar-refractivity contribution in [1.29, 1.82) is 0 Å². The Morgan fingerprint density at radius 3 is 1.58 bits per heavy atom. The van der Waals surface area contributed by atoms with Crippen molar-refractivity contribution in [2.45, 2.75) is 39.0 Å². The van der Waals surface area contributed by atoms with E-state index in [9.17, 15) is 29.8 Å². The molecule has 2 amide bonds. The predicted octanol–water partition coefficient (Wildman–Crippen LogP) is 2.36. The number of hydrogen-bond donors (Lipinski definition) is 2.